The standard InChI is InChI=1S/C15H22N4O7/c1-8-5-19(14(25)18-13(8)24)12-3-10(22)15(7-20,26-12)6-17-11(23)4-16-9(2)21/h5,10,12,20,22H,3-4,6-7H2,1-2H3,(H,16,21)(H,17,23)(H,18,24,25)/t10-,12+,15+/m0/s1. The number of ether oxygens (including phenoxy) is 1. The van der Waals surface area contributed by atoms with E-state index in [2.05, 4.69) is 15.6 Å². The molecule has 5 N–H and O–H groups in total. The van der Waals surface area contributed by atoms with Crippen molar-refractivity contribution in [2.75, 3.05) is 19.7 Å². The van der Waals surface area contributed by atoms with Crippen LogP contribution in [-0.4, -0.2) is 63.0 Å². The summed E-state index contributed by atoms with van der Waals surface area (Å²) in [7, 11) is 0. The third-order valence-electron chi connectivity index (χ3n) is 4.21. The van der Waals surface area contributed by atoms with Gasteiger partial charge in [0.2, 0.25) is 11.8 Å². The minimum atomic E-state index is -1.51. The molecular weight excluding hydrogens is 348 g/mol. The average Bonchev–Trinajstić information content (AvgIpc) is 2.91. The minimum absolute atomic E-state index is 0.0203. The third-order valence-corrected chi connectivity index (χ3v) is 4.21. The molecule has 1 fully saturated rings. The first kappa shape index (κ1) is 19.8. The molecule has 1 saturated heterocycles. The van der Waals surface area contributed by atoms with Gasteiger partial charge in [-0.3, -0.25) is 23.9 Å². The number of aliphatic hydroxyl groups is 2. The van der Waals surface area contributed by atoms with Crippen LogP contribution < -0.4 is 21.9 Å². The molecule has 1 aliphatic heterocycles. The van der Waals surface area contributed by atoms with Crippen LogP contribution in [0, 0.1) is 6.92 Å². The highest BCUT2D eigenvalue weighted by Crippen LogP contribution is 2.35. The fourth-order valence-corrected chi connectivity index (χ4v) is 2.65. The van der Waals surface area contributed by atoms with Gasteiger partial charge < -0.3 is 25.6 Å². The molecule has 2 heterocycles. The lowest BCUT2D eigenvalue weighted by molar-refractivity contribution is -0.136. The van der Waals surface area contributed by atoms with E-state index in [0.717, 1.165) is 4.57 Å². The maximum atomic E-state index is 12.0. The highest BCUT2D eigenvalue weighted by atomic mass is 16.6. The molecule has 0 radical (unpaired) electrons. The summed E-state index contributed by atoms with van der Waals surface area (Å²) >= 11 is 0. The molecule has 1 aromatic rings. The Labute approximate surface area is 148 Å². The monoisotopic (exact) mass is 370 g/mol. The summed E-state index contributed by atoms with van der Waals surface area (Å²) in [5.74, 6) is -0.897. The van der Waals surface area contributed by atoms with E-state index in [9.17, 15) is 29.4 Å². The lowest BCUT2D eigenvalue weighted by Crippen LogP contribution is -2.53. The summed E-state index contributed by atoms with van der Waals surface area (Å²) in [4.78, 5) is 48.1. The highest BCUT2D eigenvalue weighted by molar-refractivity contribution is 5.83. The number of carbonyl (C=O) groups excluding carboxylic acids is 2. The van der Waals surface area contributed by atoms with Crippen molar-refractivity contribution in [3.63, 3.8) is 0 Å². The maximum Gasteiger partial charge on any atom is 0.330 e. The average molecular weight is 370 g/mol. The van der Waals surface area contributed by atoms with Crippen LogP contribution in [-0.2, 0) is 14.3 Å². The van der Waals surface area contributed by atoms with E-state index in [1.54, 1.807) is 0 Å². The maximum absolute atomic E-state index is 12.0. The zero-order valence-corrected chi connectivity index (χ0v) is 14.4. The van der Waals surface area contributed by atoms with Crippen LogP contribution in [0.2, 0.25) is 0 Å². The van der Waals surface area contributed by atoms with Gasteiger partial charge in [-0.15, -0.1) is 0 Å². The number of rotatable bonds is 6. The van der Waals surface area contributed by atoms with Gasteiger partial charge in [0.25, 0.3) is 5.56 Å². The van der Waals surface area contributed by atoms with Gasteiger partial charge in [0.15, 0.2) is 0 Å². The van der Waals surface area contributed by atoms with Gasteiger partial charge in [-0.25, -0.2) is 4.79 Å². The van der Waals surface area contributed by atoms with Crippen molar-refractivity contribution in [2.24, 2.45) is 0 Å². The van der Waals surface area contributed by atoms with Crippen molar-refractivity contribution >= 4 is 11.8 Å². The molecule has 0 bridgehead atoms. The number of hydrogen-bond donors (Lipinski definition) is 5. The van der Waals surface area contributed by atoms with E-state index in [-0.39, 0.29) is 31.0 Å². The SMILES string of the molecule is CC(=O)NCC(=O)NC[C@]1(CO)O[C@@H](n2cc(C)c(=O)[nH]c2=O)C[C@@H]1O. The number of hydrogen-bond acceptors (Lipinski definition) is 7. The molecule has 11 heteroatoms. The molecule has 0 saturated carbocycles. The van der Waals surface area contributed by atoms with E-state index in [0.29, 0.717) is 0 Å². The Kier molecular flexibility index (Phi) is 5.95. The summed E-state index contributed by atoms with van der Waals surface area (Å²) in [6, 6.07) is 0. The first-order chi connectivity index (χ1) is 12.2. The summed E-state index contributed by atoms with van der Waals surface area (Å²) in [5.41, 5.74) is -2.46. The van der Waals surface area contributed by atoms with Gasteiger partial charge in [-0.1, -0.05) is 0 Å². The molecule has 0 aliphatic carbocycles. The van der Waals surface area contributed by atoms with E-state index in [1.807, 2.05) is 0 Å². The summed E-state index contributed by atoms with van der Waals surface area (Å²) in [5, 5.41) is 24.8. The lowest BCUT2D eigenvalue weighted by Gasteiger charge is -2.30. The number of H-pyrrole nitrogens is 1. The number of carbonyl (C=O) groups is 2. The van der Waals surface area contributed by atoms with Gasteiger partial charge in [0.05, 0.1) is 25.8 Å². The Morgan fingerprint density at radius 3 is 2.73 bits per heavy atom. The number of nitrogens with zero attached hydrogens (tertiary/aromatic N) is 1. The predicted octanol–water partition coefficient (Wildman–Crippen LogP) is -2.89. The Morgan fingerprint density at radius 2 is 2.12 bits per heavy atom. The number of nitrogens with one attached hydrogen (secondary N) is 3. The summed E-state index contributed by atoms with van der Waals surface area (Å²) in [6.07, 6.45) is -0.806. The smallest absolute Gasteiger partial charge is 0.330 e. The Balaban J connectivity index is 2.12. The number of aromatic amines is 1. The molecule has 1 aromatic heterocycles. The molecule has 26 heavy (non-hydrogen) atoms. The van der Waals surface area contributed by atoms with Crippen LogP contribution in [0.15, 0.2) is 15.8 Å². The van der Waals surface area contributed by atoms with Crippen LogP contribution in [0.25, 0.3) is 0 Å². The normalized spacial score (nSPS) is 25.1. The number of aryl methyl sites for hydroxylation is 1. The number of amides is 2. The van der Waals surface area contributed by atoms with Crippen molar-refractivity contribution in [1.29, 1.82) is 0 Å². The number of aliphatic hydroxyl groups excluding tert-OH is 2. The van der Waals surface area contributed by atoms with E-state index in [4.69, 9.17) is 4.74 Å². The molecule has 0 aromatic carbocycles. The second-order valence-corrected chi connectivity index (χ2v) is 6.21. The Hall–Kier alpha value is -2.50. The molecule has 0 spiro atoms. The highest BCUT2D eigenvalue weighted by Gasteiger charge is 2.49. The van der Waals surface area contributed by atoms with Crippen LogP contribution in [0.1, 0.15) is 25.1 Å². The first-order valence-corrected chi connectivity index (χ1v) is 7.98. The van der Waals surface area contributed by atoms with Crippen LogP contribution in [0.5, 0.6) is 0 Å². The molecule has 3 atom stereocenters. The lowest BCUT2D eigenvalue weighted by atomic mass is 9.97. The van der Waals surface area contributed by atoms with E-state index < -0.39 is 41.7 Å². The predicted molar refractivity (Wildman–Crippen MR) is 88.3 cm³/mol. The fraction of sp³-hybridized carbons (Fsp3) is 0.600. The zero-order chi connectivity index (χ0) is 19.5. The largest absolute Gasteiger partial charge is 0.393 e. The molecule has 2 rings (SSSR count). The quantitative estimate of drug-likeness (QED) is 0.359. The van der Waals surface area contributed by atoms with Crippen molar-refractivity contribution < 1.29 is 24.5 Å². The van der Waals surface area contributed by atoms with E-state index >= 15 is 0 Å². The van der Waals surface area contributed by atoms with Gasteiger partial charge in [0.1, 0.15) is 11.8 Å². The van der Waals surface area contributed by atoms with Crippen LogP contribution in [0.4, 0.5) is 0 Å². The molecule has 144 valence electrons. The first-order valence-electron chi connectivity index (χ1n) is 7.98. The molecule has 1 aliphatic rings. The minimum Gasteiger partial charge on any atom is -0.393 e. The summed E-state index contributed by atoms with van der Waals surface area (Å²) < 4.78 is 6.81. The third kappa shape index (κ3) is 4.18. The number of aromatic nitrogens is 2. The van der Waals surface area contributed by atoms with E-state index in [1.165, 1.54) is 20.0 Å². The van der Waals surface area contributed by atoms with Crippen molar-refractivity contribution in [2.45, 2.75) is 38.2 Å². The second kappa shape index (κ2) is 7.81. The second-order valence-electron chi connectivity index (χ2n) is 6.21. The molecule has 2 amide bonds. The van der Waals surface area contributed by atoms with Gasteiger partial charge in [-0.05, 0) is 6.92 Å². The van der Waals surface area contributed by atoms with Crippen LogP contribution >= 0.6 is 0 Å². The fourth-order valence-electron chi connectivity index (χ4n) is 2.65. The van der Waals surface area contributed by atoms with Gasteiger partial charge >= 0.3 is 5.69 Å². The zero-order valence-electron chi connectivity index (χ0n) is 14.4. The molecular formula is C15H22N4O7. The molecule has 0 unspecified atom stereocenters. The Morgan fingerprint density at radius 1 is 1.42 bits per heavy atom. The van der Waals surface area contributed by atoms with Gasteiger partial charge in [-0.2, -0.15) is 0 Å². The summed E-state index contributed by atoms with van der Waals surface area (Å²) in [6.45, 7) is 1.69. The Bertz CT molecular complexity index is 802. The van der Waals surface area contributed by atoms with Crippen molar-refractivity contribution in [3.05, 3.63) is 32.6 Å². The van der Waals surface area contributed by atoms with Crippen LogP contribution in [0.3, 0.4) is 0 Å². The topological polar surface area (TPSA) is 163 Å². The molecule has 11 nitrogen and oxygen atoms in total. The van der Waals surface area contributed by atoms with Crippen molar-refractivity contribution in [1.82, 2.24) is 20.2 Å². The van der Waals surface area contributed by atoms with Gasteiger partial charge in [0, 0.05) is 25.1 Å². The van der Waals surface area contributed by atoms with Crippen molar-refractivity contribution in [3.8, 4) is 0 Å².